The highest BCUT2D eigenvalue weighted by atomic mass is 16.1. The van der Waals surface area contributed by atoms with Crippen LogP contribution in [0.15, 0.2) is 17.1 Å². The molecule has 0 unspecified atom stereocenters. The minimum Gasteiger partial charge on any atom is -0.296 e. The van der Waals surface area contributed by atoms with E-state index < -0.39 is 0 Å². The van der Waals surface area contributed by atoms with Crippen LogP contribution in [0.5, 0.6) is 0 Å². The smallest absolute Gasteiger partial charge is 0.194 e. The number of hydrogen-bond acceptors (Lipinski definition) is 3. The molecule has 0 aromatic carbocycles. The molecule has 1 saturated heterocycles. The van der Waals surface area contributed by atoms with Crippen LogP contribution in [0.2, 0.25) is 0 Å². The monoisotopic (exact) mass is 250 g/mol. The van der Waals surface area contributed by atoms with E-state index in [0.29, 0.717) is 12.3 Å². The van der Waals surface area contributed by atoms with Crippen LogP contribution < -0.4 is 0 Å². The van der Waals surface area contributed by atoms with Crippen molar-refractivity contribution in [2.24, 2.45) is 10.9 Å². The zero-order chi connectivity index (χ0) is 13.4. The molecule has 1 heterocycles. The highest BCUT2D eigenvalue weighted by Crippen LogP contribution is 2.19. The SMILES string of the molecule is CC/C=C\C(=NC)C(=O)CN1CCC(CC)CC1. The fourth-order valence-electron chi connectivity index (χ4n) is 2.36. The van der Waals surface area contributed by atoms with Gasteiger partial charge in [-0.15, -0.1) is 0 Å². The highest BCUT2D eigenvalue weighted by Gasteiger charge is 2.20. The van der Waals surface area contributed by atoms with Crippen LogP contribution in [0.4, 0.5) is 0 Å². The van der Waals surface area contributed by atoms with Crippen molar-refractivity contribution in [1.82, 2.24) is 4.90 Å². The van der Waals surface area contributed by atoms with E-state index in [0.717, 1.165) is 25.4 Å². The molecule has 1 rings (SSSR count). The van der Waals surface area contributed by atoms with Gasteiger partial charge < -0.3 is 0 Å². The van der Waals surface area contributed by atoms with Gasteiger partial charge in [0.15, 0.2) is 5.78 Å². The maximum atomic E-state index is 12.1. The van der Waals surface area contributed by atoms with Gasteiger partial charge >= 0.3 is 0 Å². The van der Waals surface area contributed by atoms with Crippen LogP contribution in [0.25, 0.3) is 0 Å². The second kappa shape index (κ2) is 8.20. The average Bonchev–Trinajstić information content (AvgIpc) is 2.40. The molecule has 18 heavy (non-hydrogen) atoms. The molecule has 102 valence electrons. The third-order valence-corrected chi connectivity index (χ3v) is 3.69. The minimum absolute atomic E-state index is 0.150. The lowest BCUT2D eigenvalue weighted by molar-refractivity contribution is -0.114. The van der Waals surface area contributed by atoms with E-state index in [2.05, 4.69) is 23.7 Å². The average molecular weight is 250 g/mol. The van der Waals surface area contributed by atoms with Gasteiger partial charge in [-0.25, -0.2) is 0 Å². The lowest BCUT2D eigenvalue weighted by Gasteiger charge is -2.30. The third-order valence-electron chi connectivity index (χ3n) is 3.69. The van der Waals surface area contributed by atoms with Gasteiger partial charge in [-0.05, 0) is 44.3 Å². The number of rotatable bonds is 6. The number of Topliss-reactive ketones (excluding diaryl/α,β-unsaturated/α-hetero) is 1. The summed E-state index contributed by atoms with van der Waals surface area (Å²) < 4.78 is 0. The molecule has 1 aliphatic rings. The molecule has 1 fully saturated rings. The fourth-order valence-corrected chi connectivity index (χ4v) is 2.36. The van der Waals surface area contributed by atoms with Crippen LogP contribution in [-0.2, 0) is 4.79 Å². The van der Waals surface area contributed by atoms with Crippen molar-refractivity contribution < 1.29 is 4.79 Å². The third kappa shape index (κ3) is 4.73. The van der Waals surface area contributed by atoms with Crippen molar-refractivity contribution >= 4 is 11.5 Å². The molecule has 0 saturated carbocycles. The van der Waals surface area contributed by atoms with E-state index in [1.54, 1.807) is 7.05 Å². The largest absolute Gasteiger partial charge is 0.296 e. The molecule has 1 aliphatic heterocycles. The first-order valence-corrected chi connectivity index (χ1v) is 7.10. The molecule has 0 spiro atoms. The minimum atomic E-state index is 0.150. The van der Waals surface area contributed by atoms with Gasteiger partial charge in [-0.1, -0.05) is 26.3 Å². The van der Waals surface area contributed by atoms with Gasteiger partial charge in [0.05, 0.1) is 6.54 Å². The summed E-state index contributed by atoms with van der Waals surface area (Å²) in [5.74, 6) is 1.01. The second-order valence-electron chi connectivity index (χ2n) is 4.97. The van der Waals surface area contributed by atoms with Crippen LogP contribution in [-0.4, -0.2) is 43.1 Å². The number of piperidine rings is 1. The molecule has 0 amide bonds. The summed E-state index contributed by atoms with van der Waals surface area (Å²) in [7, 11) is 1.69. The Morgan fingerprint density at radius 2 is 2.00 bits per heavy atom. The van der Waals surface area contributed by atoms with Crippen LogP contribution >= 0.6 is 0 Å². The van der Waals surface area contributed by atoms with Crippen LogP contribution in [0.1, 0.15) is 39.5 Å². The van der Waals surface area contributed by atoms with E-state index in [4.69, 9.17) is 0 Å². The number of aliphatic imine (C=N–C) groups is 1. The lowest BCUT2D eigenvalue weighted by Crippen LogP contribution is -2.39. The predicted molar refractivity (Wildman–Crippen MR) is 77.3 cm³/mol. The number of allylic oxidation sites excluding steroid dienone is 2. The number of nitrogens with zero attached hydrogens (tertiary/aromatic N) is 2. The Labute approximate surface area is 111 Å². The highest BCUT2D eigenvalue weighted by molar-refractivity contribution is 6.44. The molecular weight excluding hydrogens is 224 g/mol. The fraction of sp³-hybridized carbons (Fsp3) is 0.733. The van der Waals surface area contributed by atoms with Crippen molar-refractivity contribution in [2.45, 2.75) is 39.5 Å². The van der Waals surface area contributed by atoms with Gasteiger partial charge in [-0.2, -0.15) is 0 Å². The summed E-state index contributed by atoms with van der Waals surface area (Å²) in [6.07, 6.45) is 8.50. The molecule has 0 radical (unpaired) electrons. The van der Waals surface area contributed by atoms with E-state index in [1.807, 2.05) is 12.2 Å². The molecule has 0 atom stereocenters. The standard InChI is InChI=1S/C15H26N2O/c1-4-6-7-14(16-3)15(18)12-17-10-8-13(5-2)9-11-17/h6-7,13H,4-5,8-12H2,1-3H3/b7-6-,16-14?. The Morgan fingerprint density at radius 3 is 2.50 bits per heavy atom. The van der Waals surface area contributed by atoms with Gasteiger partial charge in [0.1, 0.15) is 5.71 Å². The summed E-state index contributed by atoms with van der Waals surface area (Å²) in [4.78, 5) is 18.4. The number of carbonyl (C=O) groups excluding carboxylic acids is 1. The number of likely N-dealkylation sites (tertiary alicyclic amines) is 1. The molecule has 0 bridgehead atoms. The van der Waals surface area contributed by atoms with Crippen molar-refractivity contribution in [3.05, 3.63) is 12.2 Å². The topological polar surface area (TPSA) is 32.7 Å². The normalized spacial score (nSPS) is 19.6. The van der Waals surface area contributed by atoms with Crippen LogP contribution in [0, 0.1) is 5.92 Å². The lowest BCUT2D eigenvalue weighted by atomic mass is 9.94. The van der Waals surface area contributed by atoms with Gasteiger partial charge in [0, 0.05) is 7.05 Å². The Kier molecular flexibility index (Phi) is 6.88. The van der Waals surface area contributed by atoms with Gasteiger partial charge in [0.25, 0.3) is 0 Å². The Balaban J connectivity index is 2.43. The van der Waals surface area contributed by atoms with Gasteiger partial charge in [0.2, 0.25) is 0 Å². The van der Waals surface area contributed by atoms with Crippen molar-refractivity contribution in [2.75, 3.05) is 26.7 Å². The zero-order valence-corrected chi connectivity index (χ0v) is 12.0. The summed E-state index contributed by atoms with van der Waals surface area (Å²) >= 11 is 0. The summed E-state index contributed by atoms with van der Waals surface area (Å²) in [5, 5.41) is 0. The van der Waals surface area contributed by atoms with E-state index >= 15 is 0 Å². The van der Waals surface area contributed by atoms with Crippen molar-refractivity contribution in [3.8, 4) is 0 Å². The van der Waals surface area contributed by atoms with Crippen molar-refractivity contribution in [3.63, 3.8) is 0 Å². The molecule has 0 aromatic rings. The Hall–Kier alpha value is -0.960. The second-order valence-corrected chi connectivity index (χ2v) is 4.97. The molecule has 3 nitrogen and oxygen atoms in total. The Morgan fingerprint density at radius 1 is 1.33 bits per heavy atom. The van der Waals surface area contributed by atoms with Crippen LogP contribution in [0.3, 0.4) is 0 Å². The van der Waals surface area contributed by atoms with E-state index in [-0.39, 0.29) is 5.78 Å². The van der Waals surface area contributed by atoms with E-state index in [9.17, 15) is 4.79 Å². The first-order chi connectivity index (χ1) is 8.71. The Bertz CT molecular complexity index is 312. The summed E-state index contributed by atoms with van der Waals surface area (Å²) in [5.41, 5.74) is 0.606. The number of ketones is 1. The van der Waals surface area contributed by atoms with E-state index in [1.165, 1.54) is 19.3 Å². The first kappa shape index (κ1) is 15.1. The maximum absolute atomic E-state index is 12.1. The number of carbonyl (C=O) groups is 1. The molecular formula is C15H26N2O. The molecule has 0 aromatic heterocycles. The summed E-state index contributed by atoms with van der Waals surface area (Å²) in [6.45, 7) is 6.95. The first-order valence-electron chi connectivity index (χ1n) is 7.10. The quantitative estimate of drug-likeness (QED) is 0.679. The predicted octanol–water partition coefficient (Wildman–Crippen LogP) is 2.71. The molecule has 0 N–H and O–H groups in total. The zero-order valence-electron chi connectivity index (χ0n) is 12.0. The number of hydrogen-bond donors (Lipinski definition) is 0. The van der Waals surface area contributed by atoms with Crippen molar-refractivity contribution in [1.29, 1.82) is 0 Å². The molecule has 0 aliphatic carbocycles. The maximum Gasteiger partial charge on any atom is 0.194 e. The summed E-state index contributed by atoms with van der Waals surface area (Å²) in [6, 6.07) is 0. The molecule has 3 heteroatoms. The van der Waals surface area contributed by atoms with Gasteiger partial charge in [-0.3, -0.25) is 14.7 Å².